The molecular formula is C21H25N3O. The first-order chi connectivity index (χ1) is 12.2. The number of aryl methyl sites for hydroxylation is 1. The van der Waals surface area contributed by atoms with Crippen molar-refractivity contribution in [3.63, 3.8) is 0 Å². The number of imidazole rings is 1. The molecule has 0 bridgehead atoms. The molecule has 0 N–H and O–H groups in total. The van der Waals surface area contributed by atoms with E-state index in [9.17, 15) is 0 Å². The number of rotatable bonds is 4. The SMILES string of the molecule is Cc1ccc(-c2nccn2[C@@H]2CCN(C)C[C@@H]2Cc2ccccc2)o1. The number of hydrogen-bond acceptors (Lipinski definition) is 3. The average molecular weight is 335 g/mol. The Kier molecular flexibility index (Phi) is 4.45. The minimum atomic E-state index is 0.444. The maximum atomic E-state index is 5.84. The molecule has 1 aromatic carbocycles. The van der Waals surface area contributed by atoms with Crippen molar-refractivity contribution in [3.05, 3.63) is 66.2 Å². The number of likely N-dealkylation sites (tertiary alicyclic amines) is 1. The third-order valence-corrected chi connectivity index (χ3v) is 5.22. The fourth-order valence-corrected chi connectivity index (χ4v) is 4.01. The molecule has 1 fully saturated rings. The van der Waals surface area contributed by atoms with Gasteiger partial charge in [0.1, 0.15) is 5.76 Å². The Balaban J connectivity index is 1.64. The van der Waals surface area contributed by atoms with Crippen LogP contribution in [0.15, 0.2) is 59.3 Å². The number of aromatic nitrogens is 2. The summed E-state index contributed by atoms with van der Waals surface area (Å²) in [7, 11) is 2.22. The number of piperidine rings is 1. The van der Waals surface area contributed by atoms with E-state index in [0.717, 1.165) is 43.3 Å². The number of furan rings is 1. The first kappa shape index (κ1) is 16.2. The molecule has 3 aromatic rings. The lowest BCUT2D eigenvalue weighted by atomic mass is 9.86. The van der Waals surface area contributed by atoms with Crippen LogP contribution in [0.1, 0.15) is 23.8 Å². The van der Waals surface area contributed by atoms with E-state index in [1.165, 1.54) is 5.56 Å². The molecule has 0 amide bonds. The van der Waals surface area contributed by atoms with Crippen LogP contribution in [0.4, 0.5) is 0 Å². The highest BCUT2D eigenvalue weighted by molar-refractivity contribution is 5.48. The molecule has 0 aliphatic carbocycles. The van der Waals surface area contributed by atoms with Crippen LogP contribution in [0.5, 0.6) is 0 Å². The molecule has 130 valence electrons. The minimum absolute atomic E-state index is 0.444. The Bertz CT molecular complexity index is 821. The Labute approximate surface area is 149 Å². The molecule has 1 aliphatic rings. The van der Waals surface area contributed by atoms with Gasteiger partial charge in [-0.05, 0) is 57.0 Å². The second-order valence-corrected chi connectivity index (χ2v) is 7.14. The Morgan fingerprint density at radius 3 is 2.76 bits per heavy atom. The van der Waals surface area contributed by atoms with Crippen LogP contribution in [0.25, 0.3) is 11.6 Å². The topological polar surface area (TPSA) is 34.2 Å². The minimum Gasteiger partial charge on any atom is -0.458 e. The summed E-state index contributed by atoms with van der Waals surface area (Å²) in [6.07, 6.45) is 6.23. The number of nitrogens with zero attached hydrogens (tertiary/aromatic N) is 3. The van der Waals surface area contributed by atoms with E-state index < -0.39 is 0 Å². The van der Waals surface area contributed by atoms with Crippen molar-refractivity contribution in [1.29, 1.82) is 0 Å². The second kappa shape index (κ2) is 6.89. The summed E-state index contributed by atoms with van der Waals surface area (Å²) in [6, 6.07) is 15.3. The highest BCUT2D eigenvalue weighted by atomic mass is 16.3. The lowest BCUT2D eigenvalue weighted by Crippen LogP contribution is -2.40. The molecule has 25 heavy (non-hydrogen) atoms. The van der Waals surface area contributed by atoms with Gasteiger partial charge in [-0.2, -0.15) is 0 Å². The first-order valence-corrected chi connectivity index (χ1v) is 9.03. The largest absolute Gasteiger partial charge is 0.458 e. The molecule has 4 heteroatoms. The maximum absolute atomic E-state index is 5.84. The highest BCUT2D eigenvalue weighted by Gasteiger charge is 2.31. The van der Waals surface area contributed by atoms with Gasteiger partial charge in [0.2, 0.25) is 0 Å². The van der Waals surface area contributed by atoms with Gasteiger partial charge in [-0.25, -0.2) is 4.98 Å². The molecule has 0 radical (unpaired) electrons. The zero-order valence-electron chi connectivity index (χ0n) is 14.9. The first-order valence-electron chi connectivity index (χ1n) is 9.03. The van der Waals surface area contributed by atoms with Crippen LogP contribution in [0.3, 0.4) is 0 Å². The van der Waals surface area contributed by atoms with Gasteiger partial charge in [0.15, 0.2) is 11.6 Å². The van der Waals surface area contributed by atoms with Crippen molar-refractivity contribution < 1.29 is 4.42 Å². The van der Waals surface area contributed by atoms with Gasteiger partial charge < -0.3 is 13.9 Å². The zero-order valence-corrected chi connectivity index (χ0v) is 14.9. The zero-order chi connectivity index (χ0) is 17.2. The maximum Gasteiger partial charge on any atom is 0.176 e. The van der Waals surface area contributed by atoms with Crippen molar-refractivity contribution in [2.75, 3.05) is 20.1 Å². The molecular weight excluding hydrogens is 310 g/mol. The fraction of sp³-hybridized carbons (Fsp3) is 0.381. The predicted molar refractivity (Wildman–Crippen MR) is 99.5 cm³/mol. The summed E-state index contributed by atoms with van der Waals surface area (Å²) in [4.78, 5) is 7.03. The lowest BCUT2D eigenvalue weighted by Gasteiger charge is -2.38. The van der Waals surface area contributed by atoms with Gasteiger partial charge in [-0.3, -0.25) is 0 Å². The molecule has 4 nitrogen and oxygen atoms in total. The van der Waals surface area contributed by atoms with Crippen LogP contribution >= 0.6 is 0 Å². The van der Waals surface area contributed by atoms with E-state index in [1.807, 2.05) is 25.3 Å². The van der Waals surface area contributed by atoms with Crippen molar-refractivity contribution >= 4 is 0 Å². The normalized spacial score (nSPS) is 21.5. The third-order valence-electron chi connectivity index (χ3n) is 5.22. The second-order valence-electron chi connectivity index (χ2n) is 7.14. The van der Waals surface area contributed by atoms with Crippen LogP contribution in [-0.2, 0) is 6.42 Å². The predicted octanol–water partition coefficient (Wildman–Crippen LogP) is 4.19. The van der Waals surface area contributed by atoms with E-state index in [1.54, 1.807) is 0 Å². The fourth-order valence-electron chi connectivity index (χ4n) is 4.01. The van der Waals surface area contributed by atoms with E-state index in [-0.39, 0.29) is 0 Å². The molecule has 1 aliphatic heterocycles. The molecule has 2 aromatic heterocycles. The molecule has 3 heterocycles. The van der Waals surface area contributed by atoms with E-state index >= 15 is 0 Å². The molecule has 0 saturated carbocycles. The summed E-state index contributed by atoms with van der Waals surface area (Å²) < 4.78 is 8.17. The van der Waals surface area contributed by atoms with E-state index in [4.69, 9.17) is 4.42 Å². The Hall–Kier alpha value is -2.33. The Morgan fingerprint density at radius 2 is 2.00 bits per heavy atom. The van der Waals surface area contributed by atoms with Gasteiger partial charge in [-0.1, -0.05) is 30.3 Å². The summed E-state index contributed by atoms with van der Waals surface area (Å²) >= 11 is 0. The van der Waals surface area contributed by atoms with Crippen molar-refractivity contribution in [1.82, 2.24) is 14.5 Å². The van der Waals surface area contributed by atoms with Crippen LogP contribution in [0.2, 0.25) is 0 Å². The van der Waals surface area contributed by atoms with Crippen LogP contribution in [0, 0.1) is 12.8 Å². The summed E-state index contributed by atoms with van der Waals surface area (Å²) in [5, 5.41) is 0. The third kappa shape index (κ3) is 3.40. The summed E-state index contributed by atoms with van der Waals surface area (Å²) in [6.45, 7) is 4.20. The number of hydrogen-bond donors (Lipinski definition) is 0. The van der Waals surface area contributed by atoms with E-state index in [2.05, 4.69) is 58.0 Å². The molecule has 2 atom stereocenters. The van der Waals surface area contributed by atoms with Crippen molar-refractivity contribution in [2.24, 2.45) is 5.92 Å². The summed E-state index contributed by atoms with van der Waals surface area (Å²) in [5.41, 5.74) is 1.41. The molecule has 0 unspecified atom stereocenters. The standard InChI is InChI=1S/C21H25N3O/c1-16-8-9-20(25-16)21-22-11-13-24(21)19-10-12-23(2)15-18(19)14-17-6-4-3-5-7-17/h3-9,11,13,18-19H,10,12,14-15H2,1-2H3/t18-,19+/m0/s1. The van der Waals surface area contributed by atoms with Gasteiger partial charge in [0.05, 0.1) is 0 Å². The Morgan fingerprint density at radius 1 is 1.16 bits per heavy atom. The van der Waals surface area contributed by atoms with Crippen molar-refractivity contribution in [3.8, 4) is 11.6 Å². The van der Waals surface area contributed by atoms with Gasteiger partial charge in [0.25, 0.3) is 0 Å². The molecule has 4 rings (SSSR count). The summed E-state index contributed by atoms with van der Waals surface area (Å²) in [5.74, 6) is 3.29. The highest BCUT2D eigenvalue weighted by Crippen LogP contribution is 2.34. The van der Waals surface area contributed by atoms with Crippen molar-refractivity contribution in [2.45, 2.75) is 25.8 Å². The monoisotopic (exact) mass is 335 g/mol. The molecule has 1 saturated heterocycles. The van der Waals surface area contributed by atoms with Gasteiger partial charge in [-0.15, -0.1) is 0 Å². The van der Waals surface area contributed by atoms with E-state index in [0.29, 0.717) is 12.0 Å². The average Bonchev–Trinajstić information content (AvgIpc) is 3.25. The molecule has 0 spiro atoms. The van der Waals surface area contributed by atoms with Gasteiger partial charge in [0, 0.05) is 25.0 Å². The smallest absolute Gasteiger partial charge is 0.176 e. The lowest BCUT2D eigenvalue weighted by molar-refractivity contribution is 0.147. The quantitative estimate of drug-likeness (QED) is 0.717. The number of benzene rings is 1. The van der Waals surface area contributed by atoms with Crippen LogP contribution < -0.4 is 0 Å². The van der Waals surface area contributed by atoms with Gasteiger partial charge >= 0.3 is 0 Å². The van der Waals surface area contributed by atoms with Crippen LogP contribution in [-0.4, -0.2) is 34.6 Å².